The van der Waals surface area contributed by atoms with E-state index in [1.54, 1.807) is 24.3 Å². The van der Waals surface area contributed by atoms with E-state index in [-0.39, 0.29) is 63.7 Å². The first-order valence-electron chi connectivity index (χ1n) is 32.1. The molecule has 94 heavy (non-hydrogen) atoms. The van der Waals surface area contributed by atoms with E-state index < -0.39 is 43.2 Å². The first-order chi connectivity index (χ1) is 44.8. The number of aliphatic carboxylic acids is 3. The van der Waals surface area contributed by atoms with Gasteiger partial charge in [0.2, 0.25) is 0 Å². The Hall–Kier alpha value is -6.45. The van der Waals surface area contributed by atoms with Gasteiger partial charge in [-0.1, -0.05) is 182 Å². The van der Waals surface area contributed by atoms with Crippen molar-refractivity contribution >= 4 is 65.9 Å². The van der Waals surface area contributed by atoms with E-state index in [9.17, 15) is 51.6 Å². The number of rotatable bonds is 49. The van der Waals surface area contributed by atoms with E-state index in [4.69, 9.17) is 29.5 Å². The highest BCUT2D eigenvalue weighted by molar-refractivity contribution is 14.1. The fraction of sp³-hybridized carbons (Fsp3) is 0.507. The van der Waals surface area contributed by atoms with E-state index in [1.807, 2.05) is 34.5 Å². The van der Waals surface area contributed by atoms with Crippen LogP contribution in [0.15, 0.2) is 144 Å². The van der Waals surface area contributed by atoms with Gasteiger partial charge in [-0.25, -0.2) is 13.2 Å². The van der Waals surface area contributed by atoms with Gasteiger partial charge in [0.05, 0.1) is 0 Å². The molecule has 4 N–H and O–H groups in total. The zero-order valence-corrected chi connectivity index (χ0v) is 57.8. The Labute approximate surface area is 571 Å². The Kier molecular flexibility index (Phi) is 65.0. The van der Waals surface area contributed by atoms with Crippen molar-refractivity contribution in [1.29, 1.82) is 0 Å². The van der Waals surface area contributed by atoms with Crippen LogP contribution in [0.1, 0.15) is 194 Å². The third kappa shape index (κ3) is 65.6. The highest BCUT2D eigenvalue weighted by atomic mass is 127. The van der Waals surface area contributed by atoms with Crippen molar-refractivity contribution < 1.29 is 90.2 Å². The molecule has 0 saturated heterocycles. The lowest BCUT2D eigenvalue weighted by molar-refractivity contribution is -0.138. The molecular weight excluding hydrogens is 1350 g/mol. The summed E-state index contributed by atoms with van der Waals surface area (Å²) in [6, 6.07) is 16.5. The number of carboxylic acid groups (broad SMARTS) is 3. The maximum Gasteiger partial charge on any atom is 0.337 e. The number of ketones is 2. The smallest absolute Gasteiger partial charge is 0.337 e. The Bertz CT molecular complexity index is 2600. The van der Waals surface area contributed by atoms with Gasteiger partial charge in [0.1, 0.15) is 66.5 Å². The summed E-state index contributed by atoms with van der Waals surface area (Å²) in [6.45, 7) is 2.04. The summed E-state index contributed by atoms with van der Waals surface area (Å²) >= 11 is 2.22. The van der Waals surface area contributed by atoms with Gasteiger partial charge in [-0.3, -0.25) is 33.3 Å². The maximum atomic E-state index is 12.7. The maximum absolute atomic E-state index is 12.7. The summed E-state index contributed by atoms with van der Waals surface area (Å²) in [7, 11) is -0.942. The molecule has 0 aliphatic rings. The number of hydrogen-bond donors (Lipinski definition) is 4. The van der Waals surface area contributed by atoms with Crippen LogP contribution in [0.5, 0.6) is 17.2 Å². The standard InChI is InChI=1S/C20H25FO4.C20H29FO2.C11H14FO5P.C11H18O3.C10H17IO2.CH4/c21-17-12-14-19(15-13-17)25-16-18(22)10-8-6-4-2-1-3-5-7-9-11-20(23)24;1-2-3-4-5-6-7-8-9-10-11-12-19(22)17-23-20-15-13-18(21)14-16-20;1-15-18(14,16-2)8-10(13)7-17-11-5-3-9(12)4-6-11;12-10-8-6-4-2-1-3-5-7-9-11(13)14;11-9-7-5-3-1-2-4-6-8-10(12)13;/h4,6,8,10,12-15H,1-3,5,7,9,11,16H2,(H,23,24);9-16,19,22H,2-8,17H2,1H3;3-6H,7-8H2,1-2H3;6,8,10H,1-5,7,9H2,(H,13,14);7,9H,1-6,8H2,(H,12,13);1H4/b6-4-,10-8+;10-9-,12-11+;;8-6-;9-7-;/t;19-;;;;/m.1..../s1. The number of unbranched alkanes of at least 4 members (excludes halogenated alkanes) is 21. The van der Waals surface area contributed by atoms with Gasteiger partial charge in [-0.05, 0) is 160 Å². The fourth-order valence-corrected chi connectivity index (χ4v) is 9.12. The summed E-state index contributed by atoms with van der Waals surface area (Å²) in [6.07, 6.45) is 48.2. The van der Waals surface area contributed by atoms with Crippen LogP contribution in [0.25, 0.3) is 0 Å². The van der Waals surface area contributed by atoms with Crippen LogP contribution in [-0.4, -0.2) is 102 Å². The first-order valence-corrected chi connectivity index (χ1v) is 35.1. The molecule has 0 saturated carbocycles. The molecule has 0 bridgehead atoms. The molecule has 0 amide bonds. The lowest BCUT2D eigenvalue weighted by Gasteiger charge is -2.12. The second kappa shape index (κ2) is 66.6. The van der Waals surface area contributed by atoms with Crippen molar-refractivity contribution in [2.75, 3.05) is 40.2 Å². The summed E-state index contributed by atoms with van der Waals surface area (Å²) < 4.78 is 76.8. The molecule has 528 valence electrons. The molecule has 0 spiro atoms. The molecule has 0 unspecified atom stereocenters. The minimum atomic E-state index is -3.36. The molecule has 0 aliphatic heterocycles. The summed E-state index contributed by atoms with van der Waals surface area (Å²) in [4.78, 5) is 63.7. The third-order valence-electron chi connectivity index (χ3n) is 13.0. The lowest BCUT2D eigenvalue weighted by Crippen LogP contribution is -2.16. The zero-order chi connectivity index (χ0) is 69.3. The first kappa shape index (κ1) is 91.7. The molecule has 3 aromatic carbocycles. The third-order valence-corrected chi connectivity index (χ3v) is 15.4. The number of benzene rings is 3. The predicted octanol–water partition coefficient (Wildman–Crippen LogP) is 19.3. The zero-order valence-electron chi connectivity index (χ0n) is 54.8. The normalized spacial score (nSPS) is 11.4. The molecular formula is C73H107F3IO16P. The van der Waals surface area contributed by atoms with Crippen LogP contribution in [0.2, 0.25) is 0 Å². The van der Waals surface area contributed by atoms with Crippen LogP contribution in [-0.2, 0) is 42.4 Å². The Balaban J connectivity index is -0.00000112. The van der Waals surface area contributed by atoms with Gasteiger partial charge in [-0.2, -0.15) is 0 Å². The number of Topliss-reactive ketones (excluding diaryl/α,β-unsaturated/α-hetero) is 1. The molecule has 3 rings (SSSR count). The van der Waals surface area contributed by atoms with Gasteiger partial charge in [0, 0.05) is 33.5 Å². The number of carbonyl (C=O) groups excluding carboxylic acids is 3. The number of hydrogen-bond acceptors (Lipinski definition) is 13. The van der Waals surface area contributed by atoms with E-state index in [2.05, 4.69) is 50.7 Å². The van der Waals surface area contributed by atoms with Crippen molar-refractivity contribution in [2.24, 2.45) is 0 Å². The number of halogens is 4. The number of aliphatic hydroxyl groups is 1. The van der Waals surface area contributed by atoms with E-state index in [1.165, 1.54) is 145 Å². The molecule has 0 radical (unpaired) electrons. The number of aliphatic hydroxyl groups excluding tert-OH is 1. The van der Waals surface area contributed by atoms with E-state index in [0.29, 0.717) is 23.7 Å². The van der Waals surface area contributed by atoms with Crippen molar-refractivity contribution in [3.05, 3.63) is 161 Å². The molecule has 16 nitrogen and oxygen atoms in total. The topological polar surface area (TPSA) is 247 Å². The average Bonchev–Trinajstić information content (AvgIpc) is 2.32. The quantitative estimate of drug-likeness (QED) is 0.0102. The van der Waals surface area contributed by atoms with Crippen LogP contribution < -0.4 is 14.2 Å². The number of carboxylic acids is 3. The summed E-state index contributed by atoms with van der Waals surface area (Å²) in [5, 5.41) is 35.0. The fourth-order valence-electron chi connectivity index (χ4n) is 7.83. The van der Waals surface area contributed by atoms with Gasteiger partial charge >= 0.3 is 25.5 Å². The predicted molar refractivity (Wildman–Crippen MR) is 378 cm³/mol. The minimum Gasteiger partial charge on any atom is -0.491 e. The molecule has 1 atom stereocenters. The van der Waals surface area contributed by atoms with Crippen molar-refractivity contribution in [3.63, 3.8) is 0 Å². The largest absolute Gasteiger partial charge is 0.491 e. The number of ether oxygens (including phenoxy) is 3. The Morgan fingerprint density at radius 1 is 0.489 bits per heavy atom. The SMILES string of the molecule is C.CCCCCCCC/C=C\C=C\[C@@H](O)COc1ccc(F)cc1.COP(=O)(CC(=O)COc1ccc(F)cc1)OC.O=C(O)CCCCCCC/C=C\C=C\C(=O)COc1ccc(F)cc1.O=C(O)CCCCCCC/C=C\I.O=C/C=C\CCCCCCCC(=O)O. The molecule has 21 heteroatoms. The van der Waals surface area contributed by atoms with Gasteiger partial charge in [-0.15, -0.1) is 0 Å². The van der Waals surface area contributed by atoms with Crippen LogP contribution in [0.3, 0.4) is 0 Å². The molecule has 0 aromatic heterocycles. The van der Waals surface area contributed by atoms with Crippen LogP contribution in [0, 0.1) is 17.5 Å². The molecule has 0 fully saturated rings. The monoisotopic (exact) mass is 1450 g/mol. The van der Waals surface area contributed by atoms with E-state index >= 15 is 0 Å². The molecule has 0 aliphatic carbocycles. The molecule has 0 heterocycles. The van der Waals surface area contributed by atoms with Crippen molar-refractivity contribution in [3.8, 4) is 17.2 Å². The Morgan fingerprint density at radius 2 is 0.840 bits per heavy atom. The number of aldehydes is 1. The van der Waals surface area contributed by atoms with Gasteiger partial charge in [0.25, 0.3) is 0 Å². The van der Waals surface area contributed by atoms with Crippen LogP contribution >= 0.6 is 30.2 Å². The summed E-state index contributed by atoms with van der Waals surface area (Å²) in [5.41, 5.74) is 0. The lowest BCUT2D eigenvalue weighted by atomic mass is 10.1. The highest BCUT2D eigenvalue weighted by Crippen LogP contribution is 2.46. The number of allylic oxidation sites excluding steroid dienone is 9. The van der Waals surface area contributed by atoms with E-state index in [0.717, 1.165) is 109 Å². The van der Waals surface area contributed by atoms with Gasteiger partial charge < -0.3 is 43.7 Å². The summed E-state index contributed by atoms with van der Waals surface area (Å²) in [5.74, 6) is -2.36. The minimum absolute atomic E-state index is 0. The van der Waals surface area contributed by atoms with Crippen molar-refractivity contribution in [2.45, 2.75) is 200 Å². The Morgan fingerprint density at radius 3 is 1.22 bits per heavy atom. The molecule has 3 aromatic rings. The van der Waals surface area contributed by atoms with Gasteiger partial charge in [0.15, 0.2) is 18.2 Å². The second-order valence-corrected chi connectivity index (χ2v) is 24.1. The average molecular weight is 1460 g/mol. The highest BCUT2D eigenvalue weighted by Gasteiger charge is 2.25. The second-order valence-electron chi connectivity index (χ2n) is 21.1. The van der Waals surface area contributed by atoms with Crippen LogP contribution in [0.4, 0.5) is 13.2 Å². The van der Waals surface area contributed by atoms with Crippen molar-refractivity contribution in [1.82, 2.24) is 0 Å². The number of carbonyl (C=O) groups is 6.